The first-order valence-corrected chi connectivity index (χ1v) is 5.44. The number of rotatable bonds is 2. The van der Waals surface area contributed by atoms with Crippen molar-refractivity contribution in [3.63, 3.8) is 0 Å². The Labute approximate surface area is 101 Å². The molecule has 0 spiro atoms. The predicted molar refractivity (Wildman–Crippen MR) is 55.9 cm³/mol. The van der Waals surface area contributed by atoms with Gasteiger partial charge < -0.3 is 9.84 Å². The van der Waals surface area contributed by atoms with E-state index in [0.717, 1.165) is 6.07 Å². The highest BCUT2D eigenvalue weighted by Crippen LogP contribution is 2.40. The molecule has 0 amide bonds. The summed E-state index contributed by atoms with van der Waals surface area (Å²) in [4.78, 5) is 10.7. The van der Waals surface area contributed by atoms with Crippen LogP contribution in [0, 0.1) is 0 Å². The maximum absolute atomic E-state index is 12.8. The number of carboxylic acid groups (broad SMARTS) is 1. The molecule has 0 bridgehead atoms. The number of hydrogen-bond donors (Lipinski definition) is 1. The number of aliphatic carboxylic acids is 1. The van der Waals surface area contributed by atoms with Gasteiger partial charge in [0.05, 0.1) is 11.7 Å². The summed E-state index contributed by atoms with van der Waals surface area (Å²) < 4.78 is 43.5. The van der Waals surface area contributed by atoms with Gasteiger partial charge in [-0.1, -0.05) is 18.2 Å². The van der Waals surface area contributed by atoms with Crippen molar-refractivity contribution < 1.29 is 27.8 Å². The van der Waals surface area contributed by atoms with Crippen LogP contribution in [0.2, 0.25) is 0 Å². The van der Waals surface area contributed by atoms with Crippen LogP contribution in [-0.2, 0) is 15.7 Å². The minimum atomic E-state index is -4.46. The van der Waals surface area contributed by atoms with E-state index in [1.807, 2.05) is 0 Å². The lowest BCUT2D eigenvalue weighted by Crippen LogP contribution is -2.19. The van der Waals surface area contributed by atoms with E-state index in [0.29, 0.717) is 0 Å². The van der Waals surface area contributed by atoms with E-state index in [-0.39, 0.29) is 18.4 Å². The van der Waals surface area contributed by atoms with Crippen molar-refractivity contribution in [2.45, 2.75) is 31.2 Å². The molecule has 2 rings (SSSR count). The summed E-state index contributed by atoms with van der Waals surface area (Å²) in [6, 6.07) is 5.10. The Morgan fingerprint density at radius 2 is 1.94 bits per heavy atom. The molecule has 98 valence electrons. The van der Waals surface area contributed by atoms with E-state index in [4.69, 9.17) is 9.84 Å². The highest BCUT2D eigenvalue weighted by Gasteiger charge is 2.38. The van der Waals surface area contributed by atoms with Crippen molar-refractivity contribution in [2.75, 3.05) is 0 Å². The third-order valence-electron chi connectivity index (χ3n) is 2.91. The largest absolute Gasteiger partial charge is 0.479 e. The summed E-state index contributed by atoms with van der Waals surface area (Å²) in [6.07, 6.45) is -5.77. The second-order valence-electron chi connectivity index (χ2n) is 4.11. The number of carboxylic acids is 1. The van der Waals surface area contributed by atoms with E-state index in [9.17, 15) is 18.0 Å². The van der Waals surface area contributed by atoms with Crippen molar-refractivity contribution in [3.8, 4) is 0 Å². The average molecular weight is 260 g/mol. The van der Waals surface area contributed by atoms with Gasteiger partial charge in [0.2, 0.25) is 0 Å². The highest BCUT2D eigenvalue weighted by atomic mass is 19.4. The number of carbonyl (C=O) groups is 1. The number of benzene rings is 1. The molecule has 1 aromatic carbocycles. The van der Waals surface area contributed by atoms with E-state index in [1.54, 1.807) is 0 Å². The molecule has 1 N–H and O–H groups in total. The second kappa shape index (κ2) is 4.61. The fourth-order valence-electron chi connectivity index (χ4n) is 2.08. The smallest absolute Gasteiger partial charge is 0.416 e. The van der Waals surface area contributed by atoms with Crippen LogP contribution in [0.25, 0.3) is 0 Å². The number of hydrogen-bond acceptors (Lipinski definition) is 2. The van der Waals surface area contributed by atoms with Crippen molar-refractivity contribution >= 4 is 5.97 Å². The van der Waals surface area contributed by atoms with E-state index >= 15 is 0 Å². The minimum absolute atomic E-state index is 0.00810. The Morgan fingerprint density at radius 1 is 1.28 bits per heavy atom. The molecule has 3 nitrogen and oxygen atoms in total. The fourth-order valence-corrected chi connectivity index (χ4v) is 2.08. The van der Waals surface area contributed by atoms with Gasteiger partial charge in [0, 0.05) is 0 Å². The molecule has 1 aliphatic rings. The molecule has 6 heteroatoms. The fraction of sp³-hybridized carbons (Fsp3) is 0.417. The standard InChI is InChI=1S/C12H11F3O3/c13-12(14,15)8-4-2-1-3-7(8)9-5-6-10(18-9)11(16)17/h1-4,9-10H,5-6H2,(H,16,17)/t9-,10-/m1/s1. The molecule has 1 saturated heterocycles. The summed E-state index contributed by atoms with van der Waals surface area (Å²) in [5, 5.41) is 8.76. The van der Waals surface area contributed by atoms with Crippen LogP contribution in [-0.4, -0.2) is 17.2 Å². The maximum atomic E-state index is 12.8. The van der Waals surface area contributed by atoms with Crippen LogP contribution in [0.5, 0.6) is 0 Å². The maximum Gasteiger partial charge on any atom is 0.416 e. The van der Waals surface area contributed by atoms with Crippen LogP contribution in [0.4, 0.5) is 13.2 Å². The van der Waals surface area contributed by atoms with Gasteiger partial charge in [-0.25, -0.2) is 4.79 Å². The van der Waals surface area contributed by atoms with Gasteiger partial charge in [-0.3, -0.25) is 0 Å². The lowest BCUT2D eigenvalue weighted by molar-refractivity contribution is -0.150. The molecule has 0 aliphatic carbocycles. The summed E-state index contributed by atoms with van der Waals surface area (Å²) in [6.45, 7) is 0. The summed E-state index contributed by atoms with van der Waals surface area (Å²) in [7, 11) is 0. The molecule has 18 heavy (non-hydrogen) atoms. The topological polar surface area (TPSA) is 46.5 Å². The Morgan fingerprint density at radius 3 is 2.50 bits per heavy atom. The van der Waals surface area contributed by atoms with Crippen LogP contribution in [0.3, 0.4) is 0 Å². The zero-order valence-corrected chi connectivity index (χ0v) is 9.28. The molecular weight excluding hydrogens is 249 g/mol. The van der Waals surface area contributed by atoms with Gasteiger partial charge in [0.15, 0.2) is 6.10 Å². The molecule has 1 fully saturated rings. The SMILES string of the molecule is O=C(O)[C@H]1CC[C@H](c2ccccc2C(F)(F)F)O1. The van der Waals surface area contributed by atoms with Crippen molar-refractivity contribution in [2.24, 2.45) is 0 Å². The monoisotopic (exact) mass is 260 g/mol. The molecule has 1 heterocycles. The summed E-state index contributed by atoms with van der Waals surface area (Å²) in [5.74, 6) is -1.14. The molecule has 1 aliphatic heterocycles. The van der Waals surface area contributed by atoms with Gasteiger partial charge in [-0.05, 0) is 24.5 Å². The van der Waals surface area contributed by atoms with Gasteiger partial charge in [0.25, 0.3) is 0 Å². The van der Waals surface area contributed by atoms with Gasteiger partial charge >= 0.3 is 12.1 Å². The van der Waals surface area contributed by atoms with Crippen molar-refractivity contribution in [1.82, 2.24) is 0 Å². The molecule has 0 saturated carbocycles. The first-order chi connectivity index (χ1) is 8.39. The molecule has 2 atom stereocenters. The number of halogens is 3. The summed E-state index contributed by atoms with van der Waals surface area (Å²) in [5.41, 5.74) is -0.755. The van der Waals surface area contributed by atoms with Crippen LogP contribution in [0.15, 0.2) is 24.3 Å². The molecule has 0 unspecified atom stereocenters. The first kappa shape index (κ1) is 12.9. The minimum Gasteiger partial charge on any atom is -0.479 e. The molecule has 0 radical (unpaired) electrons. The third kappa shape index (κ3) is 2.48. The normalized spacial score (nSPS) is 24.2. The van der Waals surface area contributed by atoms with Crippen molar-refractivity contribution in [1.29, 1.82) is 0 Å². The van der Waals surface area contributed by atoms with E-state index in [1.165, 1.54) is 18.2 Å². The Kier molecular flexibility index (Phi) is 3.30. The van der Waals surface area contributed by atoms with Crippen molar-refractivity contribution in [3.05, 3.63) is 35.4 Å². The van der Waals surface area contributed by atoms with Gasteiger partial charge in [0.1, 0.15) is 0 Å². The van der Waals surface area contributed by atoms with Crippen LogP contribution in [0.1, 0.15) is 30.1 Å². The molecule has 1 aromatic rings. The number of ether oxygens (including phenoxy) is 1. The van der Waals surface area contributed by atoms with Gasteiger partial charge in [-0.15, -0.1) is 0 Å². The molecule has 0 aromatic heterocycles. The Balaban J connectivity index is 2.27. The van der Waals surface area contributed by atoms with Crippen LogP contribution < -0.4 is 0 Å². The Bertz CT molecular complexity index is 456. The lowest BCUT2D eigenvalue weighted by Gasteiger charge is -2.17. The number of alkyl halides is 3. The average Bonchev–Trinajstić information content (AvgIpc) is 2.77. The lowest BCUT2D eigenvalue weighted by atomic mass is 10.00. The predicted octanol–water partition coefficient (Wildman–Crippen LogP) is 3.01. The Hall–Kier alpha value is -1.56. The zero-order valence-electron chi connectivity index (χ0n) is 9.28. The quantitative estimate of drug-likeness (QED) is 0.889. The summed E-state index contributed by atoms with van der Waals surface area (Å²) >= 11 is 0. The van der Waals surface area contributed by atoms with Crippen LogP contribution >= 0.6 is 0 Å². The second-order valence-corrected chi connectivity index (χ2v) is 4.11. The van der Waals surface area contributed by atoms with E-state index in [2.05, 4.69) is 0 Å². The third-order valence-corrected chi connectivity index (χ3v) is 2.91. The highest BCUT2D eigenvalue weighted by molar-refractivity contribution is 5.72. The molecular formula is C12H11F3O3. The van der Waals surface area contributed by atoms with E-state index < -0.39 is 29.9 Å². The first-order valence-electron chi connectivity index (χ1n) is 5.44. The zero-order chi connectivity index (χ0) is 13.3. The van der Waals surface area contributed by atoms with Gasteiger partial charge in [-0.2, -0.15) is 13.2 Å².